The first kappa shape index (κ1) is 13.4. The summed E-state index contributed by atoms with van der Waals surface area (Å²) in [7, 11) is 1.92. The van der Waals surface area contributed by atoms with Crippen molar-refractivity contribution in [2.75, 3.05) is 39.8 Å². The van der Waals surface area contributed by atoms with Crippen molar-refractivity contribution in [1.82, 2.24) is 9.80 Å². The zero-order valence-corrected chi connectivity index (χ0v) is 9.93. The molecule has 5 heteroatoms. The van der Waals surface area contributed by atoms with E-state index in [0.29, 0.717) is 6.54 Å². The number of aliphatic hydroxyl groups excluding tert-OH is 1. The molecule has 16 heavy (non-hydrogen) atoms. The molecule has 0 radical (unpaired) electrons. The molecule has 1 atom stereocenters. The zero-order valence-electron chi connectivity index (χ0n) is 9.93. The third kappa shape index (κ3) is 5.44. The number of carboxylic acids is 1. The van der Waals surface area contributed by atoms with Gasteiger partial charge in [0.1, 0.15) is 0 Å². The Labute approximate surface area is 96.7 Å². The van der Waals surface area contributed by atoms with Gasteiger partial charge in [0.15, 0.2) is 0 Å². The normalized spacial score (nSPS) is 19.2. The van der Waals surface area contributed by atoms with Crippen molar-refractivity contribution < 1.29 is 15.0 Å². The Morgan fingerprint density at radius 2 is 2.06 bits per heavy atom. The molecule has 0 spiro atoms. The van der Waals surface area contributed by atoms with Crippen LogP contribution < -0.4 is 0 Å². The molecule has 0 aromatic carbocycles. The molecule has 1 fully saturated rings. The van der Waals surface area contributed by atoms with E-state index in [2.05, 4.69) is 4.90 Å². The van der Waals surface area contributed by atoms with Crippen LogP contribution in [-0.2, 0) is 4.79 Å². The maximum atomic E-state index is 10.4. The Hall–Kier alpha value is -0.650. The Morgan fingerprint density at radius 3 is 2.62 bits per heavy atom. The van der Waals surface area contributed by atoms with E-state index in [0.717, 1.165) is 13.1 Å². The summed E-state index contributed by atoms with van der Waals surface area (Å²) in [5, 5.41) is 18.0. The van der Waals surface area contributed by atoms with E-state index >= 15 is 0 Å². The van der Waals surface area contributed by atoms with Gasteiger partial charge >= 0.3 is 5.97 Å². The molecule has 1 aliphatic heterocycles. The highest BCUT2D eigenvalue weighted by Gasteiger charge is 2.14. The molecule has 5 nitrogen and oxygen atoms in total. The van der Waals surface area contributed by atoms with Gasteiger partial charge in [-0.25, -0.2) is 0 Å². The predicted molar refractivity (Wildman–Crippen MR) is 61.4 cm³/mol. The summed E-state index contributed by atoms with van der Waals surface area (Å²) >= 11 is 0. The van der Waals surface area contributed by atoms with E-state index in [9.17, 15) is 9.90 Å². The lowest BCUT2D eigenvalue weighted by Crippen LogP contribution is -2.36. The number of carboxylic acid groups (broad SMARTS) is 1. The van der Waals surface area contributed by atoms with Crippen LogP contribution in [0.2, 0.25) is 0 Å². The van der Waals surface area contributed by atoms with Gasteiger partial charge < -0.3 is 20.0 Å². The minimum Gasteiger partial charge on any atom is -0.481 e. The Morgan fingerprint density at radius 1 is 1.44 bits per heavy atom. The summed E-state index contributed by atoms with van der Waals surface area (Å²) in [5.41, 5.74) is 0. The number of rotatable bonds is 7. The van der Waals surface area contributed by atoms with E-state index in [1.54, 1.807) is 0 Å². The topological polar surface area (TPSA) is 64.0 Å². The van der Waals surface area contributed by atoms with Crippen molar-refractivity contribution in [3.8, 4) is 0 Å². The third-order valence-electron chi connectivity index (χ3n) is 2.93. The number of likely N-dealkylation sites (tertiary alicyclic amines) is 1. The van der Waals surface area contributed by atoms with Crippen LogP contribution in [-0.4, -0.2) is 71.9 Å². The molecule has 0 aromatic rings. The Kier molecular flexibility index (Phi) is 5.73. The van der Waals surface area contributed by atoms with Crippen molar-refractivity contribution in [2.24, 2.45) is 0 Å². The average molecular weight is 230 g/mol. The lowest BCUT2D eigenvalue weighted by molar-refractivity contribution is -0.139. The quantitative estimate of drug-likeness (QED) is 0.637. The van der Waals surface area contributed by atoms with Crippen molar-refractivity contribution in [3.63, 3.8) is 0 Å². The van der Waals surface area contributed by atoms with Gasteiger partial charge in [0.05, 0.1) is 12.5 Å². The van der Waals surface area contributed by atoms with Gasteiger partial charge in [0.2, 0.25) is 0 Å². The van der Waals surface area contributed by atoms with Gasteiger partial charge in [-0.1, -0.05) is 0 Å². The average Bonchev–Trinajstić information content (AvgIpc) is 2.65. The molecule has 1 heterocycles. The summed E-state index contributed by atoms with van der Waals surface area (Å²) in [6, 6.07) is 0. The number of hydrogen-bond donors (Lipinski definition) is 2. The van der Waals surface area contributed by atoms with Gasteiger partial charge in [-0.3, -0.25) is 4.79 Å². The highest BCUT2D eigenvalue weighted by molar-refractivity contribution is 5.67. The maximum absolute atomic E-state index is 10.4. The lowest BCUT2D eigenvalue weighted by atomic mass is 10.2. The van der Waals surface area contributed by atoms with Crippen LogP contribution in [0.4, 0.5) is 0 Å². The maximum Gasteiger partial charge on any atom is 0.306 e. The Balaban J connectivity index is 2.09. The summed E-state index contributed by atoms with van der Waals surface area (Å²) in [6.45, 7) is 4.67. The van der Waals surface area contributed by atoms with Gasteiger partial charge in [-0.2, -0.15) is 0 Å². The molecule has 1 saturated heterocycles. The SMILES string of the molecule is CN(CCN1CCCC1)CC(O)CC(=O)O. The second-order valence-corrected chi connectivity index (χ2v) is 4.56. The number of aliphatic hydroxyl groups is 1. The monoisotopic (exact) mass is 230 g/mol. The van der Waals surface area contributed by atoms with E-state index in [1.807, 2.05) is 11.9 Å². The number of likely N-dealkylation sites (N-methyl/N-ethyl adjacent to an activating group) is 1. The van der Waals surface area contributed by atoms with Crippen molar-refractivity contribution in [2.45, 2.75) is 25.4 Å². The molecule has 0 bridgehead atoms. The summed E-state index contributed by atoms with van der Waals surface area (Å²) < 4.78 is 0. The van der Waals surface area contributed by atoms with Crippen LogP contribution in [0.3, 0.4) is 0 Å². The van der Waals surface area contributed by atoms with Gasteiger partial charge in [-0.05, 0) is 33.0 Å². The second kappa shape index (κ2) is 6.83. The minimum atomic E-state index is -0.944. The highest BCUT2D eigenvalue weighted by atomic mass is 16.4. The van der Waals surface area contributed by atoms with Crippen LogP contribution in [0.25, 0.3) is 0 Å². The van der Waals surface area contributed by atoms with E-state index < -0.39 is 12.1 Å². The van der Waals surface area contributed by atoms with Gasteiger partial charge in [0, 0.05) is 19.6 Å². The van der Waals surface area contributed by atoms with Crippen LogP contribution in [0.1, 0.15) is 19.3 Å². The molecular formula is C11H22N2O3. The first-order valence-electron chi connectivity index (χ1n) is 5.88. The highest BCUT2D eigenvalue weighted by Crippen LogP contribution is 2.06. The third-order valence-corrected chi connectivity index (χ3v) is 2.93. The van der Waals surface area contributed by atoms with Crippen LogP contribution in [0.15, 0.2) is 0 Å². The molecule has 0 aromatic heterocycles. The van der Waals surface area contributed by atoms with Gasteiger partial charge in [0.25, 0.3) is 0 Å². The second-order valence-electron chi connectivity index (χ2n) is 4.56. The summed E-state index contributed by atoms with van der Waals surface area (Å²) in [5.74, 6) is -0.944. The van der Waals surface area contributed by atoms with Crippen LogP contribution >= 0.6 is 0 Å². The zero-order chi connectivity index (χ0) is 12.0. The van der Waals surface area contributed by atoms with E-state index in [4.69, 9.17) is 5.11 Å². The van der Waals surface area contributed by atoms with Gasteiger partial charge in [-0.15, -0.1) is 0 Å². The van der Waals surface area contributed by atoms with Crippen molar-refractivity contribution in [1.29, 1.82) is 0 Å². The van der Waals surface area contributed by atoms with Crippen LogP contribution in [0.5, 0.6) is 0 Å². The fourth-order valence-corrected chi connectivity index (χ4v) is 2.04. The first-order chi connectivity index (χ1) is 7.58. The molecule has 2 N–H and O–H groups in total. The molecule has 1 unspecified atom stereocenters. The van der Waals surface area contributed by atoms with E-state index in [-0.39, 0.29) is 6.42 Å². The minimum absolute atomic E-state index is 0.173. The molecule has 94 valence electrons. The molecule has 1 aliphatic rings. The first-order valence-corrected chi connectivity index (χ1v) is 5.88. The Bertz CT molecular complexity index is 217. The van der Waals surface area contributed by atoms with Crippen molar-refractivity contribution >= 4 is 5.97 Å². The molecular weight excluding hydrogens is 208 g/mol. The smallest absolute Gasteiger partial charge is 0.306 e. The molecule has 0 amide bonds. The fourth-order valence-electron chi connectivity index (χ4n) is 2.04. The predicted octanol–water partition coefficient (Wildman–Crippen LogP) is -0.150. The molecule has 0 saturated carbocycles. The van der Waals surface area contributed by atoms with Crippen molar-refractivity contribution in [3.05, 3.63) is 0 Å². The largest absolute Gasteiger partial charge is 0.481 e. The summed E-state index contributed by atoms with van der Waals surface area (Å²) in [6.07, 6.45) is 1.63. The number of nitrogens with zero attached hydrogens (tertiary/aromatic N) is 2. The molecule has 0 aliphatic carbocycles. The van der Waals surface area contributed by atoms with Crippen LogP contribution in [0, 0.1) is 0 Å². The standard InChI is InChI=1S/C11H22N2O3/c1-12(9-10(14)8-11(15)16)6-7-13-4-2-3-5-13/h10,14H,2-9H2,1H3,(H,15,16). The summed E-state index contributed by atoms with van der Waals surface area (Å²) in [4.78, 5) is 14.8. The lowest BCUT2D eigenvalue weighted by Gasteiger charge is -2.22. The number of aliphatic carboxylic acids is 1. The molecule has 1 rings (SSSR count). The number of hydrogen-bond acceptors (Lipinski definition) is 4. The fraction of sp³-hybridized carbons (Fsp3) is 0.909. The number of carbonyl (C=O) groups is 1. The van der Waals surface area contributed by atoms with E-state index in [1.165, 1.54) is 25.9 Å².